The van der Waals surface area contributed by atoms with Crippen LogP contribution in [0.4, 0.5) is 0 Å². The fourth-order valence-corrected chi connectivity index (χ4v) is 3.83. The molecule has 1 atom stereocenters. The van der Waals surface area contributed by atoms with Gasteiger partial charge in [-0.2, -0.15) is 0 Å². The van der Waals surface area contributed by atoms with E-state index in [2.05, 4.69) is 53.7 Å². The Balaban J connectivity index is 1.97. The Labute approximate surface area is 168 Å². The third kappa shape index (κ3) is 3.81. The van der Waals surface area contributed by atoms with E-state index in [0.29, 0.717) is 6.54 Å². The second kappa shape index (κ2) is 7.25. The standard InChI is InChI=1S/C22H29BClNO2/c1-14-11-17(19(13-25)16-7-9-18(24)10-8-16)12-15(2)20(14)23-26-21(3,4)22(5,6)27-23/h7-12,19H,13,25H2,1-6H3. The van der Waals surface area contributed by atoms with Crippen LogP contribution >= 0.6 is 11.6 Å². The number of hydrogen-bond acceptors (Lipinski definition) is 3. The maximum Gasteiger partial charge on any atom is 0.495 e. The highest BCUT2D eigenvalue weighted by atomic mass is 35.5. The van der Waals surface area contributed by atoms with Crippen LogP contribution in [0.15, 0.2) is 36.4 Å². The lowest BCUT2D eigenvalue weighted by atomic mass is 9.72. The molecule has 3 rings (SSSR count). The maximum absolute atomic E-state index is 6.27. The van der Waals surface area contributed by atoms with Gasteiger partial charge in [-0.05, 0) is 70.3 Å². The molecular weight excluding hydrogens is 357 g/mol. The lowest BCUT2D eigenvalue weighted by molar-refractivity contribution is 0.00578. The molecule has 2 aromatic carbocycles. The third-order valence-electron chi connectivity index (χ3n) is 6.02. The van der Waals surface area contributed by atoms with Gasteiger partial charge in [0.05, 0.1) is 11.2 Å². The Morgan fingerprint density at radius 1 is 0.926 bits per heavy atom. The van der Waals surface area contributed by atoms with Gasteiger partial charge in [0.1, 0.15) is 0 Å². The zero-order chi connectivity index (χ0) is 20.0. The lowest BCUT2D eigenvalue weighted by Gasteiger charge is -2.32. The summed E-state index contributed by atoms with van der Waals surface area (Å²) in [6, 6.07) is 12.3. The largest absolute Gasteiger partial charge is 0.495 e. The Morgan fingerprint density at radius 2 is 1.41 bits per heavy atom. The molecule has 1 aliphatic rings. The number of aryl methyl sites for hydroxylation is 2. The van der Waals surface area contributed by atoms with Gasteiger partial charge in [0.25, 0.3) is 0 Å². The first-order valence-electron chi connectivity index (χ1n) is 9.48. The summed E-state index contributed by atoms with van der Waals surface area (Å²) < 4.78 is 12.5. The van der Waals surface area contributed by atoms with Crippen molar-refractivity contribution in [1.82, 2.24) is 0 Å². The van der Waals surface area contributed by atoms with Gasteiger partial charge in [-0.1, -0.05) is 47.0 Å². The van der Waals surface area contributed by atoms with Crippen LogP contribution in [-0.4, -0.2) is 24.9 Å². The summed E-state index contributed by atoms with van der Waals surface area (Å²) in [7, 11) is -0.351. The van der Waals surface area contributed by atoms with Crippen molar-refractivity contribution >= 4 is 24.2 Å². The first-order chi connectivity index (χ1) is 12.6. The van der Waals surface area contributed by atoms with Crippen LogP contribution in [-0.2, 0) is 9.31 Å². The van der Waals surface area contributed by atoms with Gasteiger partial charge in [0.15, 0.2) is 0 Å². The van der Waals surface area contributed by atoms with E-state index in [0.717, 1.165) is 21.6 Å². The molecular formula is C22H29BClNO2. The van der Waals surface area contributed by atoms with Crippen molar-refractivity contribution in [2.75, 3.05) is 6.54 Å². The quantitative estimate of drug-likeness (QED) is 0.796. The van der Waals surface area contributed by atoms with Crippen molar-refractivity contribution in [1.29, 1.82) is 0 Å². The molecule has 0 saturated carbocycles. The number of hydrogen-bond donors (Lipinski definition) is 1. The summed E-state index contributed by atoms with van der Waals surface area (Å²) in [5.74, 6) is 0.131. The number of rotatable bonds is 4. The number of halogens is 1. The van der Waals surface area contributed by atoms with E-state index in [1.807, 2.05) is 24.3 Å². The van der Waals surface area contributed by atoms with E-state index >= 15 is 0 Å². The Morgan fingerprint density at radius 3 is 1.85 bits per heavy atom. The molecule has 27 heavy (non-hydrogen) atoms. The SMILES string of the molecule is Cc1cc(C(CN)c2ccc(Cl)cc2)cc(C)c1B1OC(C)(C)C(C)(C)O1. The minimum atomic E-state index is -0.351. The van der Waals surface area contributed by atoms with Gasteiger partial charge >= 0.3 is 7.12 Å². The van der Waals surface area contributed by atoms with Gasteiger partial charge in [0.2, 0.25) is 0 Å². The van der Waals surface area contributed by atoms with E-state index in [4.69, 9.17) is 26.6 Å². The van der Waals surface area contributed by atoms with Crippen molar-refractivity contribution in [2.45, 2.75) is 58.7 Å². The molecule has 0 radical (unpaired) electrons. The molecule has 1 unspecified atom stereocenters. The fourth-order valence-electron chi connectivity index (χ4n) is 3.70. The molecule has 5 heteroatoms. The monoisotopic (exact) mass is 385 g/mol. The first kappa shape index (κ1) is 20.4. The van der Waals surface area contributed by atoms with Crippen LogP contribution in [0.5, 0.6) is 0 Å². The minimum Gasteiger partial charge on any atom is -0.399 e. The smallest absolute Gasteiger partial charge is 0.399 e. The maximum atomic E-state index is 6.27. The fraction of sp³-hybridized carbons (Fsp3) is 0.455. The van der Waals surface area contributed by atoms with Gasteiger partial charge in [-0.3, -0.25) is 0 Å². The molecule has 0 spiro atoms. The molecule has 144 valence electrons. The van der Waals surface area contributed by atoms with Crippen molar-refractivity contribution < 1.29 is 9.31 Å². The average Bonchev–Trinajstić information content (AvgIpc) is 2.77. The Bertz CT molecular complexity index is 794. The molecule has 0 bridgehead atoms. The van der Waals surface area contributed by atoms with E-state index < -0.39 is 0 Å². The van der Waals surface area contributed by atoms with Gasteiger partial charge in [-0.25, -0.2) is 0 Å². The van der Waals surface area contributed by atoms with E-state index in [1.54, 1.807) is 0 Å². The summed E-state index contributed by atoms with van der Waals surface area (Å²) in [4.78, 5) is 0. The normalized spacial score (nSPS) is 19.3. The van der Waals surface area contributed by atoms with Crippen molar-refractivity contribution in [3.05, 3.63) is 63.7 Å². The molecule has 3 nitrogen and oxygen atoms in total. The molecule has 1 saturated heterocycles. The summed E-state index contributed by atoms with van der Waals surface area (Å²) >= 11 is 6.04. The van der Waals surface area contributed by atoms with E-state index in [-0.39, 0.29) is 24.2 Å². The average molecular weight is 386 g/mol. The zero-order valence-electron chi connectivity index (χ0n) is 17.1. The number of benzene rings is 2. The van der Waals surface area contributed by atoms with Crippen LogP contribution in [0.2, 0.25) is 5.02 Å². The molecule has 0 aromatic heterocycles. The second-order valence-electron chi connectivity index (χ2n) is 8.50. The van der Waals surface area contributed by atoms with E-state index in [9.17, 15) is 0 Å². The van der Waals surface area contributed by atoms with Crippen LogP contribution in [0.3, 0.4) is 0 Å². The van der Waals surface area contributed by atoms with Crippen molar-refractivity contribution in [3.63, 3.8) is 0 Å². The second-order valence-corrected chi connectivity index (χ2v) is 8.93. The summed E-state index contributed by atoms with van der Waals surface area (Å²) in [6.07, 6.45) is 0. The van der Waals surface area contributed by atoms with Crippen molar-refractivity contribution in [2.24, 2.45) is 5.73 Å². The lowest BCUT2D eigenvalue weighted by Crippen LogP contribution is -2.41. The molecule has 2 aromatic rings. The van der Waals surface area contributed by atoms with Gasteiger partial charge in [-0.15, -0.1) is 0 Å². The highest BCUT2D eigenvalue weighted by Crippen LogP contribution is 2.37. The molecule has 2 N–H and O–H groups in total. The molecule has 1 aliphatic heterocycles. The predicted molar refractivity (Wildman–Crippen MR) is 114 cm³/mol. The summed E-state index contributed by atoms with van der Waals surface area (Å²) in [5.41, 5.74) is 11.2. The molecule has 1 heterocycles. The van der Waals surface area contributed by atoms with Gasteiger partial charge < -0.3 is 15.0 Å². The zero-order valence-corrected chi connectivity index (χ0v) is 17.9. The number of nitrogens with two attached hydrogens (primary N) is 1. The Kier molecular flexibility index (Phi) is 5.48. The Hall–Kier alpha value is -1.33. The first-order valence-corrected chi connectivity index (χ1v) is 9.86. The highest BCUT2D eigenvalue weighted by molar-refractivity contribution is 6.63. The van der Waals surface area contributed by atoms with Crippen LogP contribution < -0.4 is 11.2 Å². The minimum absolute atomic E-state index is 0.131. The predicted octanol–water partition coefficient (Wildman–Crippen LogP) is 4.35. The molecule has 0 aliphatic carbocycles. The highest BCUT2D eigenvalue weighted by Gasteiger charge is 2.52. The van der Waals surface area contributed by atoms with E-state index in [1.165, 1.54) is 11.1 Å². The van der Waals surface area contributed by atoms with Gasteiger partial charge in [0, 0.05) is 17.5 Å². The molecule has 0 amide bonds. The van der Waals surface area contributed by atoms with Crippen LogP contribution in [0, 0.1) is 13.8 Å². The van der Waals surface area contributed by atoms with Crippen LogP contribution in [0.1, 0.15) is 55.9 Å². The summed E-state index contributed by atoms with van der Waals surface area (Å²) in [6.45, 7) is 13.1. The topological polar surface area (TPSA) is 44.5 Å². The summed E-state index contributed by atoms with van der Waals surface area (Å²) in [5, 5.41) is 0.734. The third-order valence-corrected chi connectivity index (χ3v) is 6.27. The van der Waals surface area contributed by atoms with Crippen molar-refractivity contribution in [3.8, 4) is 0 Å². The molecule has 1 fully saturated rings. The van der Waals surface area contributed by atoms with Crippen LogP contribution in [0.25, 0.3) is 0 Å².